The van der Waals surface area contributed by atoms with E-state index in [0.29, 0.717) is 15.9 Å². The molecule has 5 nitrogen and oxygen atoms in total. The minimum atomic E-state index is -0.449. The van der Waals surface area contributed by atoms with E-state index in [-0.39, 0.29) is 5.91 Å². The van der Waals surface area contributed by atoms with E-state index in [2.05, 4.69) is 26.3 Å². The number of carbonyl (C=O) groups is 1. The van der Waals surface area contributed by atoms with Gasteiger partial charge in [0, 0.05) is 14.7 Å². The van der Waals surface area contributed by atoms with Gasteiger partial charge in [-0.15, -0.1) is 5.10 Å². The normalized spacial score (nSPS) is 18.8. The summed E-state index contributed by atoms with van der Waals surface area (Å²) in [5.74, 6) is -0.194. The zero-order chi connectivity index (χ0) is 17.6. The summed E-state index contributed by atoms with van der Waals surface area (Å²) in [7, 11) is 0. The van der Waals surface area contributed by atoms with E-state index in [1.54, 1.807) is 5.01 Å². The molecule has 0 bridgehead atoms. The fourth-order valence-electron chi connectivity index (χ4n) is 2.83. The molecule has 1 atom stereocenters. The zero-order valence-corrected chi connectivity index (χ0v) is 16.2. The lowest BCUT2D eigenvalue weighted by molar-refractivity contribution is -0.116. The largest absolute Gasteiger partial charge is 0.298 e. The first-order valence-corrected chi connectivity index (χ1v) is 9.83. The fraction of sp³-hybridized carbons (Fsp3) is 0.118. The standard InChI is InChI=1S/C17H12BrClN4OS/c1-25-17-21-16(24)14-12-8-10(18)5-6-13(12)20-15(23(14)22-17)9-3-2-4-11(19)7-9/h2-8,15H,1H3,(H,21,22,24)/t15-/m1/s1. The van der Waals surface area contributed by atoms with Crippen LogP contribution in [0.1, 0.15) is 11.7 Å². The fourth-order valence-corrected chi connectivity index (χ4v) is 3.75. The van der Waals surface area contributed by atoms with Crippen molar-refractivity contribution in [2.24, 2.45) is 10.1 Å². The Kier molecular flexibility index (Phi) is 4.31. The number of hydrogen-bond acceptors (Lipinski definition) is 5. The highest BCUT2D eigenvalue weighted by atomic mass is 79.9. The van der Waals surface area contributed by atoms with Crippen LogP contribution in [0.2, 0.25) is 5.02 Å². The molecule has 0 aliphatic carbocycles. The van der Waals surface area contributed by atoms with E-state index in [1.165, 1.54) is 11.8 Å². The Morgan fingerprint density at radius 3 is 2.88 bits per heavy atom. The number of amidine groups is 1. The van der Waals surface area contributed by atoms with Crippen molar-refractivity contribution in [3.8, 4) is 0 Å². The number of benzene rings is 2. The number of nitrogens with zero attached hydrogens (tertiary/aromatic N) is 3. The smallest absolute Gasteiger partial charge is 0.276 e. The molecule has 1 N–H and O–H groups in total. The van der Waals surface area contributed by atoms with Crippen molar-refractivity contribution in [2.75, 3.05) is 6.26 Å². The molecule has 2 heterocycles. The number of hydrazone groups is 1. The average Bonchev–Trinajstić information content (AvgIpc) is 2.60. The molecule has 2 aromatic carbocycles. The summed E-state index contributed by atoms with van der Waals surface area (Å²) in [6, 6.07) is 13.1. The van der Waals surface area contributed by atoms with Crippen LogP contribution in [0, 0.1) is 0 Å². The van der Waals surface area contributed by atoms with Gasteiger partial charge in [0.25, 0.3) is 5.91 Å². The Labute approximate surface area is 161 Å². The van der Waals surface area contributed by atoms with Crippen LogP contribution >= 0.6 is 39.3 Å². The Hall–Kier alpha value is -1.83. The summed E-state index contributed by atoms with van der Waals surface area (Å²) in [4.78, 5) is 17.6. The van der Waals surface area contributed by atoms with Gasteiger partial charge in [0.1, 0.15) is 5.70 Å². The van der Waals surface area contributed by atoms with Crippen LogP contribution in [0.5, 0.6) is 0 Å². The number of amides is 1. The molecule has 2 aliphatic rings. The number of fused-ring (bicyclic) bond motifs is 2. The molecule has 0 spiro atoms. The minimum Gasteiger partial charge on any atom is -0.298 e. The molecular weight excluding hydrogens is 424 g/mol. The average molecular weight is 436 g/mol. The van der Waals surface area contributed by atoms with Crippen LogP contribution in [-0.2, 0) is 4.79 Å². The van der Waals surface area contributed by atoms with Gasteiger partial charge in [-0.1, -0.05) is 51.4 Å². The number of carbonyl (C=O) groups excluding carboxylic acids is 1. The Balaban J connectivity index is 2.01. The van der Waals surface area contributed by atoms with Crippen LogP contribution in [0.3, 0.4) is 0 Å². The molecule has 0 unspecified atom stereocenters. The highest BCUT2D eigenvalue weighted by Crippen LogP contribution is 2.31. The summed E-state index contributed by atoms with van der Waals surface area (Å²) < 4.78 is 0.877. The number of nitrogens with one attached hydrogen (secondary N) is 1. The van der Waals surface area contributed by atoms with Crippen LogP contribution in [0.4, 0.5) is 0 Å². The highest BCUT2D eigenvalue weighted by molar-refractivity contribution is 9.10. The monoisotopic (exact) mass is 434 g/mol. The molecule has 1 amide bonds. The van der Waals surface area contributed by atoms with Crippen LogP contribution < -0.4 is 15.9 Å². The number of hydrogen-bond donors (Lipinski definition) is 1. The quantitative estimate of drug-likeness (QED) is 0.749. The van der Waals surface area contributed by atoms with Gasteiger partial charge in [0.05, 0.1) is 5.36 Å². The lowest BCUT2D eigenvalue weighted by Crippen LogP contribution is -2.50. The van der Waals surface area contributed by atoms with Crippen molar-refractivity contribution in [3.05, 3.63) is 68.1 Å². The van der Waals surface area contributed by atoms with Crippen LogP contribution in [-0.4, -0.2) is 22.3 Å². The van der Waals surface area contributed by atoms with Gasteiger partial charge >= 0.3 is 0 Å². The van der Waals surface area contributed by atoms with Gasteiger partial charge in [-0.25, -0.2) is 5.01 Å². The third kappa shape index (κ3) is 2.96. The van der Waals surface area contributed by atoms with Gasteiger partial charge in [-0.3, -0.25) is 15.1 Å². The predicted octanol–water partition coefficient (Wildman–Crippen LogP) is 2.61. The topological polar surface area (TPSA) is 57.1 Å². The van der Waals surface area contributed by atoms with Gasteiger partial charge in [-0.2, -0.15) is 0 Å². The molecule has 0 saturated heterocycles. The molecular formula is C17H12BrClN4OS. The Bertz CT molecular complexity index is 1040. The second-order valence-electron chi connectivity index (χ2n) is 5.48. The van der Waals surface area contributed by atoms with Crippen molar-refractivity contribution < 1.29 is 4.79 Å². The van der Waals surface area contributed by atoms with Crippen molar-refractivity contribution in [2.45, 2.75) is 6.17 Å². The molecule has 25 heavy (non-hydrogen) atoms. The van der Waals surface area contributed by atoms with Crippen molar-refractivity contribution >= 4 is 56.1 Å². The summed E-state index contributed by atoms with van der Waals surface area (Å²) in [6.07, 6.45) is 1.42. The van der Waals surface area contributed by atoms with Crippen LogP contribution in [0.25, 0.3) is 5.70 Å². The maximum absolute atomic E-state index is 12.7. The first-order valence-electron chi connectivity index (χ1n) is 7.43. The Morgan fingerprint density at radius 2 is 2.12 bits per heavy atom. The second-order valence-corrected chi connectivity index (χ2v) is 7.62. The number of thioether (sulfide) groups is 1. The van der Waals surface area contributed by atoms with Crippen molar-refractivity contribution in [3.63, 3.8) is 0 Å². The summed E-state index contributed by atoms with van der Waals surface area (Å²) in [6.45, 7) is 0. The van der Waals surface area contributed by atoms with Gasteiger partial charge in [-0.05, 0) is 42.2 Å². The number of rotatable bonds is 1. The summed E-state index contributed by atoms with van der Waals surface area (Å²) in [5.41, 5.74) is 1.35. The summed E-state index contributed by atoms with van der Waals surface area (Å²) >= 11 is 11.0. The first-order chi connectivity index (χ1) is 12.1. The Morgan fingerprint density at radius 1 is 1.28 bits per heavy atom. The van der Waals surface area contributed by atoms with E-state index in [0.717, 1.165) is 20.6 Å². The van der Waals surface area contributed by atoms with Gasteiger partial charge in [0.2, 0.25) is 0 Å². The van der Waals surface area contributed by atoms with E-state index in [9.17, 15) is 4.79 Å². The number of halogens is 2. The van der Waals surface area contributed by atoms with E-state index in [1.807, 2.05) is 48.7 Å². The molecule has 2 aliphatic heterocycles. The molecule has 0 saturated carbocycles. The molecule has 8 heteroatoms. The highest BCUT2D eigenvalue weighted by Gasteiger charge is 2.34. The molecule has 126 valence electrons. The lowest BCUT2D eigenvalue weighted by atomic mass is 10.1. The van der Waals surface area contributed by atoms with E-state index in [4.69, 9.17) is 16.6 Å². The molecule has 0 fully saturated rings. The van der Waals surface area contributed by atoms with Crippen LogP contribution in [0.15, 0.2) is 57.0 Å². The first kappa shape index (κ1) is 16.6. The lowest BCUT2D eigenvalue weighted by Gasteiger charge is -2.34. The van der Waals surface area contributed by atoms with E-state index < -0.39 is 6.17 Å². The van der Waals surface area contributed by atoms with Gasteiger partial charge in [0.15, 0.2) is 11.3 Å². The maximum atomic E-state index is 12.7. The molecule has 4 rings (SSSR count). The van der Waals surface area contributed by atoms with Gasteiger partial charge < -0.3 is 0 Å². The van der Waals surface area contributed by atoms with Crippen molar-refractivity contribution in [1.29, 1.82) is 0 Å². The SMILES string of the molecule is CSC1=NN2C(=c3cc(Br)ccc3=N[C@H]2c2cccc(Cl)c2)C(=O)N1. The van der Waals surface area contributed by atoms with Crippen molar-refractivity contribution in [1.82, 2.24) is 10.3 Å². The minimum absolute atomic E-state index is 0.194. The molecule has 0 radical (unpaired) electrons. The van der Waals surface area contributed by atoms with E-state index >= 15 is 0 Å². The third-order valence-electron chi connectivity index (χ3n) is 3.91. The zero-order valence-electron chi connectivity index (χ0n) is 13.0. The predicted molar refractivity (Wildman–Crippen MR) is 103 cm³/mol. The maximum Gasteiger partial charge on any atom is 0.276 e. The summed E-state index contributed by atoms with van der Waals surface area (Å²) in [5, 5.41) is 11.7. The molecule has 0 aromatic heterocycles. The third-order valence-corrected chi connectivity index (χ3v) is 5.21. The second kappa shape index (κ2) is 6.48. The molecule has 2 aromatic rings.